The van der Waals surface area contributed by atoms with Crippen molar-refractivity contribution in [3.05, 3.63) is 57.6 Å². The maximum absolute atomic E-state index is 2.32. The fraction of sp³-hybridized carbons (Fsp3) is 0.455. The van der Waals surface area contributed by atoms with Crippen molar-refractivity contribution in [2.75, 3.05) is 0 Å². The van der Waals surface area contributed by atoms with Crippen LogP contribution in [-0.2, 0) is 6.42 Å². The smallest absolute Gasteiger partial charge is 0.0149 e. The van der Waals surface area contributed by atoms with Crippen molar-refractivity contribution in [3.8, 4) is 11.1 Å². The summed E-state index contributed by atoms with van der Waals surface area (Å²) in [4.78, 5) is 0. The van der Waals surface area contributed by atoms with Crippen LogP contribution in [0, 0.1) is 34.6 Å². The molecule has 0 unspecified atom stereocenters. The van der Waals surface area contributed by atoms with Crippen LogP contribution in [0.25, 0.3) is 11.1 Å². The highest BCUT2D eigenvalue weighted by Gasteiger charge is 2.11. The molecular weight excluding hydrogens is 264 g/mol. The predicted octanol–water partition coefficient (Wildman–Crippen LogP) is 7.12. The van der Waals surface area contributed by atoms with Crippen LogP contribution in [0.4, 0.5) is 0 Å². The van der Waals surface area contributed by atoms with E-state index in [0.717, 1.165) is 0 Å². The van der Waals surface area contributed by atoms with Gasteiger partial charge in [-0.1, -0.05) is 52.5 Å². The first-order chi connectivity index (χ1) is 9.47. The van der Waals surface area contributed by atoms with Crippen molar-refractivity contribution >= 4 is 0 Å². The Morgan fingerprint density at radius 1 is 0.636 bits per heavy atom. The van der Waals surface area contributed by atoms with Crippen molar-refractivity contribution in [3.63, 3.8) is 0 Å². The van der Waals surface area contributed by atoms with Gasteiger partial charge in [-0.05, 0) is 85.5 Å². The molecule has 0 radical (unpaired) electrons. The Balaban J connectivity index is 0.00000220. The van der Waals surface area contributed by atoms with Gasteiger partial charge in [0.05, 0.1) is 0 Å². The number of hydrogen-bond donors (Lipinski definition) is 0. The quantitative estimate of drug-likeness (QED) is 0.566. The van der Waals surface area contributed by atoms with Crippen LogP contribution in [0.2, 0.25) is 0 Å². The second-order valence-electron chi connectivity index (χ2n) is 5.95. The van der Waals surface area contributed by atoms with E-state index < -0.39 is 0 Å². The summed E-state index contributed by atoms with van der Waals surface area (Å²) in [7, 11) is 0. The molecule has 0 atom stereocenters. The Hall–Kier alpha value is -1.56. The van der Waals surface area contributed by atoms with Gasteiger partial charge in [0.25, 0.3) is 0 Å². The van der Waals surface area contributed by atoms with Crippen molar-refractivity contribution in [2.45, 2.75) is 69.2 Å². The zero-order valence-corrected chi connectivity index (χ0v) is 13.7. The molecule has 0 aliphatic rings. The molecule has 2 rings (SSSR count). The van der Waals surface area contributed by atoms with Gasteiger partial charge in [-0.3, -0.25) is 0 Å². The number of aryl methyl sites for hydroxylation is 2. The molecular formula is C22H34. The summed E-state index contributed by atoms with van der Waals surface area (Å²) >= 11 is 0. The van der Waals surface area contributed by atoms with Crippen LogP contribution in [0.5, 0.6) is 0 Å². The molecule has 0 saturated heterocycles. The molecule has 2 aromatic rings. The van der Waals surface area contributed by atoms with Gasteiger partial charge in [-0.25, -0.2) is 0 Å². The molecule has 0 heterocycles. The second-order valence-corrected chi connectivity index (χ2v) is 5.95. The van der Waals surface area contributed by atoms with E-state index in [-0.39, 0.29) is 14.9 Å². The normalized spacial score (nSPS) is 9.91. The number of rotatable bonds is 3. The SMILES string of the molecule is C.C.CCCc1ccc(-c2ccc(C)c(C)c2C)c(C)c1C. The highest BCUT2D eigenvalue weighted by Crippen LogP contribution is 2.32. The first kappa shape index (κ1) is 20.4. The van der Waals surface area contributed by atoms with E-state index >= 15 is 0 Å². The fourth-order valence-electron chi connectivity index (χ4n) is 2.96. The van der Waals surface area contributed by atoms with Crippen molar-refractivity contribution in [2.24, 2.45) is 0 Å². The zero-order valence-electron chi connectivity index (χ0n) is 13.7. The molecule has 0 fully saturated rings. The van der Waals surface area contributed by atoms with Crippen LogP contribution in [0.3, 0.4) is 0 Å². The molecule has 0 amide bonds. The summed E-state index contributed by atoms with van der Waals surface area (Å²) in [5.74, 6) is 0. The van der Waals surface area contributed by atoms with Gasteiger partial charge in [-0.15, -0.1) is 0 Å². The average molecular weight is 299 g/mol. The van der Waals surface area contributed by atoms with Crippen molar-refractivity contribution < 1.29 is 0 Å². The third kappa shape index (κ3) is 3.61. The van der Waals surface area contributed by atoms with Crippen molar-refractivity contribution in [1.29, 1.82) is 0 Å². The molecule has 0 heteroatoms. The van der Waals surface area contributed by atoms with E-state index in [4.69, 9.17) is 0 Å². The van der Waals surface area contributed by atoms with Crippen LogP contribution >= 0.6 is 0 Å². The van der Waals surface area contributed by atoms with Gasteiger partial charge in [-0.2, -0.15) is 0 Å². The molecule has 0 saturated carbocycles. The summed E-state index contributed by atoms with van der Waals surface area (Å²) in [6, 6.07) is 9.14. The van der Waals surface area contributed by atoms with E-state index in [0.29, 0.717) is 0 Å². The lowest BCUT2D eigenvalue weighted by atomic mass is 9.88. The minimum Gasteiger partial charge on any atom is -0.0776 e. The first-order valence-corrected chi connectivity index (χ1v) is 7.63. The van der Waals surface area contributed by atoms with Crippen LogP contribution in [0.15, 0.2) is 24.3 Å². The summed E-state index contributed by atoms with van der Waals surface area (Å²) in [6.07, 6.45) is 2.39. The van der Waals surface area contributed by atoms with Gasteiger partial charge in [0.15, 0.2) is 0 Å². The van der Waals surface area contributed by atoms with E-state index in [9.17, 15) is 0 Å². The number of hydrogen-bond acceptors (Lipinski definition) is 0. The van der Waals surface area contributed by atoms with Gasteiger partial charge in [0.1, 0.15) is 0 Å². The highest BCUT2D eigenvalue weighted by molar-refractivity contribution is 5.73. The van der Waals surface area contributed by atoms with E-state index in [1.165, 1.54) is 57.3 Å². The van der Waals surface area contributed by atoms with Crippen molar-refractivity contribution in [1.82, 2.24) is 0 Å². The Kier molecular flexibility index (Phi) is 7.59. The second kappa shape index (κ2) is 8.17. The minimum absolute atomic E-state index is 0. The predicted molar refractivity (Wildman–Crippen MR) is 103 cm³/mol. The summed E-state index contributed by atoms with van der Waals surface area (Å²) in [5, 5.41) is 0. The lowest BCUT2D eigenvalue weighted by Gasteiger charge is -2.17. The Labute approximate surface area is 138 Å². The number of benzene rings is 2. The topological polar surface area (TPSA) is 0 Å². The molecule has 0 N–H and O–H groups in total. The summed E-state index contributed by atoms with van der Waals surface area (Å²) in [5.41, 5.74) is 11.4. The van der Waals surface area contributed by atoms with Gasteiger partial charge in [0.2, 0.25) is 0 Å². The molecule has 0 aliphatic heterocycles. The van der Waals surface area contributed by atoms with E-state index in [1.54, 1.807) is 0 Å². The molecule has 0 aliphatic carbocycles. The molecule has 0 nitrogen and oxygen atoms in total. The molecule has 2 aromatic carbocycles. The largest absolute Gasteiger partial charge is 0.0776 e. The van der Waals surface area contributed by atoms with Crippen LogP contribution in [-0.4, -0.2) is 0 Å². The molecule has 0 spiro atoms. The van der Waals surface area contributed by atoms with Gasteiger partial charge >= 0.3 is 0 Å². The summed E-state index contributed by atoms with van der Waals surface area (Å²) < 4.78 is 0. The van der Waals surface area contributed by atoms with Crippen LogP contribution < -0.4 is 0 Å². The molecule has 122 valence electrons. The first-order valence-electron chi connectivity index (χ1n) is 7.63. The molecule has 0 aromatic heterocycles. The van der Waals surface area contributed by atoms with E-state index in [2.05, 4.69) is 65.8 Å². The maximum Gasteiger partial charge on any atom is -0.0149 e. The third-order valence-electron chi connectivity index (χ3n) is 4.77. The van der Waals surface area contributed by atoms with Crippen LogP contribution in [0.1, 0.15) is 61.6 Å². The van der Waals surface area contributed by atoms with Gasteiger partial charge in [0, 0.05) is 0 Å². The monoisotopic (exact) mass is 298 g/mol. The minimum atomic E-state index is 0. The lowest BCUT2D eigenvalue weighted by Crippen LogP contribution is -1.97. The third-order valence-corrected chi connectivity index (χ3v) is 4.77. The van der Waals surface area contributed by atoms with E-state index in [1.807, 2.05) is 0 Å². The lowest BCUT2D eigenvalue weighted by molar-refractivity contribution is 0.910. The van der Waals surface area contributed by atoms with Gasteiger partial charge < -0.3 is 0 Å². The molecule has 22 heavy (non-hydrogen) atoms. The summed E-state index contributed by atoms with van der Waals surface area (Å²) in [6.45, 7) is 13.4. The highest BCUT2D eigenvalue weighted by atomic mass is 14.2. The molecule has 0 bridgehead atoms. The standard InChI is InChI=1S/C20H26.2CH4/c1-7-8-18-10-12-20(17(6)15(18)4)19-11-9-13(2)14(3)16(19)5;;/h9-12H,7-8H2,1-6H3;2*1H4. The Morgan fingerprint density at radius 2 is 1.14 bits per heavy atom. The average Bonchev–Trinajstić information content (AvgIpc) is 2.43. The zero-order chi connectivity index (χ0) is 14.9. The maximum atomic E-state index is 2.32. The Bertz CT molecular complexity index is 633. The Morgan fingerprint density at radius 3 is 1.68 bits per heavy atom. The fourth-order valence-corrected chi connectivity index (χ4v) is 2.96.